The Morgan fingerprint density at radius 3 is 2.90 bits per heavy atom. The molecule has 0 aliphatic carbocycles. The van der Waals surface area contributed by atoms with E-state index in [2.05, 4.69) is 20.6 Å². The number of benzene rings is 2. The first-order valence-corrected chi connectivity index (χ1v) is 9.92. The van der Waals surface area contributed by atoms with Gasteiger partial charge in [0.2, 0.25) is 10.9 Å². The lowest BCUT2D eigenvalue weighted by atomic mass is 10.1. The summed E-state index contributed by atoms with van der Waals surface area (Å²) in [7, 11) is 1.50. The molecule has 0 fully saturated rings. The summed E-state index contributed by atoms with van der Waals surface area (Å²) < 4.78 is 6.89. The molecule has 0 spiro atoms. The first-order valence-electron chi connectivity index (χ1n) is 8.73. The fraction of sp³-hybridized carbons (Fsp3) is 0.0526. The van der Waals surface area contributed by atoms with E-state index in [1.54, 1.807) is 22.7 Å². The molecule has 156 valence electrons. The van der Waals surface area contributed by atoms with Gasteiger partial charge in [-0.3, -0.25) is 14.9 Å². The van der Waals surface area contributed by atoms with Crippen molar-refractivity contribution in [3.8, 4) is 16.3 Å². The number of halogens is 1. The molecule has 0 aliphatic heterocycles. The average molecular weight is 457 g/mol. The van der Waals surface area contributed by atoms with Crippen molar-refractivity contribution in [2.75, 3.05) is 12.4 Å². The molecule has 1 N–H and O–H groups in total. The fourth-order valence-corrected chi connectivity index (χ4v) is 3.74. The SMILES string of the molecule is COc1ccc(-c2nn3cnnc3s2)cc1NC(=O)/C=C/c1ccc(Cl)c([N+](=O)[O-])c1. The standard InChI is InChI=1S/C19H13ClN6O4S/c1-30-16-6-4-12(18-24-25-10-21-23-19(25)31-18)9-14(16)22-17(27)7-3-11-2-5-13(20)15(8-11)26(28)29/h2-10H,1H3,(H,22,27)/b7-3+. The predicted octanol–water partition coefficient (Wildman–Crippen LogP) is 4.07. The Balaban J connectivity index is 1.56. The zero-order valence-corrected chi connectivity index (χ0v) is 17.4. The molecular formula is C19H13ClN6O4S. The Kier molecular flexibility index (Phi) is 5.60. The number of nitrogens with one attached hydrogen (secondary N) is 1. The number of hydrogen-bond acceptors (Lipinski definition) is 8. The number of aromatic nitrogens is 4. The normalized spacial score (nSPS) is 11.2. The maximum atomic E-state index is 12.4. The molecule has 0 unspecified atom stereocenters. The molecule has 10 nitrogen and oxygen atoms in total. The summed E-state index contributed by atoms with van der Waals surface area (Å²) in [5, 5.41) is 26.6. The molecule has 2 aromatic heterocycles. The number of carbonyl (C=O) groups excluding carboxylic acids is 1. The van der Waals surface area contributed by atoms with Crippen LogP contribution in [-0.4, -0.2) is 37.8 Å². The van der Waals surface area contributed by atoms with Crippen molar-refractivity contribution < 1.29 is 14.5 Å². The number of amides is 1. The molecule has 0 aliphatic rings. The van der Waals surface area contributed by atoms with Crippen molar-refractivity contribution in [1.82, 2.24) is 19.8 Å². The van der Waals surface area contributed by atoms with E-state index in [-0.39, 0.29) is 10.7 Å². The van der Waals surface area contributed by atoms with Crippen LogP contribution in [0.1, 0.15) is 5.56 Å². The summed E-state index contributed by atoms with van der Waals surface area (Å²) >= 11 is 7.16. The van der Waals surface area contributed by atoms with Crippen molar-refractivity contribution in [3.63, 3.8) is 0 Å². The van der Waals surface area contributed by atoms with Gasteiger partial charge in [-0.2, -0.15) is 9.61 Å². The Morgan fingerprint density at radius 1 is 1.32 bits per heavy atom. The van der Waals surface area contributed by atoms with Crippen LogP contribution in [0, 0.1) is 10.1 Å². The summed E-state index contributed by atoms with van der Waals surface area (Å²) in [6, 6.07) is 9.56. The van der Waals surface area contributed by atoms with Gasteiger partial charge in [-0.1, -0.05) is 29.0 Å². The lowest BCUT2D eigenvalue weighted by Crippen LogP contribution is -2.09. The average Bonchev–Trinajstić information content (AvgIpc) is 3.35. The smallest absolute Gasteiger partial charge is 0.288 e. The number of rotatable bonds is 6. The highest BCUT2D eigenvalue weighted by atomic mass is 35.5. The van der Waals surface area contributed by atoms with E-state index in [1.807, 2.05) is 6.07 Å². The fourth-order valence-electron chi connectivity index (χ4n) is 2.73. The van der Waals surface area contributed by atoms with Gasteiger partial charge in [-0.25, -0.2) is 0 Å². The highest BCUT2D eigenvalue weighted by Crippen LogP contribution is 2.32. The molecule has 0 bridgehead atoms. The third-order valence-corrected chi connectivity index (χ3v) is 5.47. The van der Waals surface area contributed by atoms with E-state index in [4.69, 9.17) is 16.3 Å². The lowest BCUT2D eigenvalue weighted by Gasteiger charge is -2.10. The van der Waals surface area contributed by atoms with Gasteiger partial charge >= 0.3 is 0 Å². The summed E-state index contributed by atoms with van der Waals surface area (Å²) in [5.74, 6) is 0.0295. The second-order valence-electron chi connectivity index (χ2n) is 6.17. The number of hydrogen-bond donors (Lipinski definition) is 1. The van der Waals surface area contributed by atoms with Crippen LogP contribution < -0.4 is 10.1 Å². The van der Waals surface area contributed by atoms with Crippen LogP contribution in [0.3, 0.4) is 0 Å². The number of anilines is 1. The largest absolute Gasteiger partial charge is 0.495 e. The van der Waals surface area contributed by atoms with Crippen LogP contribution in [-0.2, 0) is 4.79 Å². The third kappa shape index (κ3) is 4.37. The molecular weight excluding hydrogens is 444 g/mol. The van der Waals surface area contributed by atoms with Crippen molar-refractivity contribution in [3.05, 3.63) is 69.5 Å². The first-order chi connectivity index (χ1) is 14.9. The van der Waals surface area contributed by atoms with Crippen LogP contribution >= 0.6 is 22.9 Å². The predicted molar refractivity (Wildman–Crippen MR) is 116 cm³/mol. The number of carbonyl (C=O) groups is 1. The number of nitro benzene ring substituents is 1. The van der Waals surface area contributed by atoms with Gasteiger partial charge < -0.3 is 10.1 Å². The molecule has 0 radical (unpaired) electrons. The second kappa shape index (κ2) is 8.50. The van der Waals surface area contributed by atoms with E-state index in [9.17, 15) is 14.9 Å². The lowest BCUT2D eigenvalue weighted by molar-refractivity contribution is -0.384. The van der Waals surface area contributed by atoms with Crippen LogP contribution in [0.5, 0.6) is 5.75 Å². The molecule has 0 atom stereocenters. The molecule has 0 saturated heterocycles. The van der Waals surface area contributed by atoms with E-state index in [0.717, 1.165) is 5.56 Å². The Labute approximate surface area is 183 Å². The van der Waals surface area contributed by atoms with Crippen molar-refractivity contribution in [2.24, 2.45) is 0 Å². The Bertz CT molecular complexity index is 1300. The van der Waals surface area contributed by atoms with Crippen LogP contribution in [0.25, 0.3) is 21.6 Å². The maximum Gasteiger partial charge on any atom is 0.288 e. The summed E-state index contributed by atoms with van der Waals surface area (Å²) in [5.41, 5.74) is 1.45. The second-order valence-corrected chi connectivity index (χ2v) is 7.53. The quantitative estimate of drug-likeness (QED) is 0.263. The molecule has 0 saturated carbocycles. The van der Waals surface area contributed by atoms with Crippen LogP contribution in [0.4, 0.5) is 11.4 Å². The maximum absolute atomic E-state index is 12.4. The highest BCUT2D eigenvalue weighted by molar-refractivity contribution is 7.19. The van der Waals surface area contributed by atoms with Gasteiger partial charge in [0.05, 0.1) is 17.7 Å². The molecule has 12 heteroatoms. The summed E-state index contributed by atoms with van der Waals surface area (Å²) in [6.07, 6.45) is 4.23. The molecule has 2 heterocycles. The van der Waals surface area contributed by atoms with Crippen molar-refractivity contribution in [1.29, 1.82) is 0 Å². The summed E-state index contributed by atoms with van der Waals surface area (Å²) in [4.78, 5) is 23.5. The minimum atomic E-state index is -0.581. The minimum absolute atomic E-state index is 0.0264. The monoisotopic (exact) mass is 456 g/mol. The van der Waals surface area contributed by atoms with Crippen molar-refractivity contribution in [2.45, 2.75) is 0 Å². The van der Waals surface area contributed by atoms with Gasteiger partial charge in [0.25, 0.3) is 5.69 Å². The van der Waals surface area contributed by atoms with Crippen LogP contribution in [0.2, 0.25) is 5.02 Å². The molecule has 31 heavy (non-hydrogen) atoms. The van der Waals surface area contributed by atoms with E-state index in [1.165, 1.54) is 49.1 Å². The number of ether oxygens (including phenoxy) is 1. The number of nitro groups is 1. The Hall–Kier alpha value is -3.83. The number of methoxy groups -OCH3 is 1. The topological polar surface area (TPSA) is 125 Å². The van der Waals surface area contributed by atoms with Gasteiger partial charge in [0.1, 0.15) is 22.1 Å². The van der Waals surface area contributed by atoms with E-state index >= 15 is 0 Å². The third-order valence-electron chi connectivity index (χ3n) is 4.19. The highest BCUT2D eigenvalue weighted by Gasteiger charge is 2.14. The molecule has 2 aromatic carbocycles. The van der Waals surface area contributed by atoms with Gasteiger partial charge in [-0.15, -0.1) is 10.2 Å². The van der Waals surface area contributed by atoms with Gasteiger partial charge in [0.15, 0.2) is 0 Å². The van der Waals surface area contributed by atoms with Gasteiger partial charge in [0, 0.05) is 17.7 Å². The van der Waals surface area contributed by atoms with E-state index in [0.29, 0.717) is 27.0 Å². The van der Waals surface area contributed by atoms with E-state index < -0.39 is 10.8 Å². The zero-order valence-electron chi connectivity index (χ0n) is 15.9. The van der Waals surface area contributed by atoms with Crippen LogP contribution in [0.15, 0.2) is 48.8 Å². The zero-order chi connectivity index (χ0) is 22.0. The minimum Gasteiger partial charge on any atom is -0.495 e. The number of nitrogens with zero attached hydrogens (tertiary/aromatic N) is 5. The molecule has 1 amide bonds. The molecule has 4 rings (SSSR count). The Morgan fingerprint density at radius 2 is 2.16 bits per heavy atom. The summed E-state index contributed by atoms with van der Waals surface area (Å²) in [6.45, 7) is 0. The van der Waals surface area contributed by atoms with Crippen molar-refractivity contribution >= 4 is 51.3 Å². The first kappa shape index (κ1) is 20.4. The van der Waals surface area contributed by atoms with Gasteiger partial charge in [-0.05, 0) is 35.9 Å². The molecule has 4 aromatic rings. The number of fused-ring (bicyclic) bond motifs is 1.